The van der Waals surface area contributed by atoms with E-state index in [9.17, 15) is 50.1 Å². The summed E-state index contributed by atoms with van der Waals surface area (Å²) in [4.78, 5) is 32.8. The van der Waals surface area contributed by atoms with E-state index in [1.807, 2.05) is 0 Å². The molecule has 2 amide bonds. The number of amides is 2. The van der Waals surface area contributed by atoms with E-state index in [-0.39, 0.29) is 0 Å². The minimum Gasteiger partial charge on any atom is -0.477 e. The first kappa shape index (κ1) is 32.0. The Balaban J connectivity index is 0.000000381. The second-order valence-electron chi connectivity index (χ2n) is 8.37. The van der Waals surface area contributed by atoms with Crippen LogP contribution in [0.15, 0.2) is 0 Å². The van der Waals surface area contributed by atoms with Crippen LogP contribution in [0.2, 0.25) is 0 Å². The molecule has 2 aliphatic rings. The summed E-state index contributed by atoms with van der Waals surface area (Å²) < 4.78 is 9.68. The van der Waals surface area contributed by atoms with Crippen LogP contribution in [-0.2, 0) is 23.9 Å². The van der Waals surface area contributed by atoms with E-state index in [0.29, 0.717) is 0 Å². The Morgan fingerprint density at radius 1 is 0.972 bits per heavy atom. The molecule has 0 aromatic carbocycles. The largest absolute Gasteiger partial charge is 0.477 e. The molecule has 0 saturated carbocycles. The van der Waals surface area contributed by atoms with Crippen LogP contribution in [0.4, 0.5) is 0 Å². The van der Waals surface area contributed by atoms with Crippen molar-refractivity contribution in [1.82, 2.24) is 10.6 Å². The number of carbonyl (C=O) groups excluding carboxylic acids is 2. The van der Waals surface area contributed by atoms with Crippen LogP contribution in [-0.4, -0.2) is 149 Å². The molecule has 11 atom stereocenters. The van der Waals surface area contributed by atoms with Crippen molar-refractivity contribution < 1.29 is 74.9 Å². The maximum atomic E-state index is 11.1. The number of aliphatic hydroxyl groups is 9. The lowest BCUT2D eigenvalue weighted by Gasteiger charge is -2.44. The lowest BCUT2D eigenvalue weighted by Crippen LogP contribution is -2.67. The van der Waals surface area contributed by atoms with Gasteiger partial charge >= 0.3 is 5.97 Å². The molecule has 0 spiro atoms. The maximum Gasteiger partial charge on any atom is 0.364 e. The van der Waals surface area contributed by atoms with Gasteiger partial charge in [-0.2, -0.15) is 0 Å². The Labute approximate surface area is 204 Å². The SMILES string of the molecule is CC(=O)N[C@@H]1C(O)O[C@H](CO)[C@@H](O)[C@@H]1O.CC(=O)N[C@@H]1[C@@H](O)CC(O)(C(=O)O)O[C@H]1C(O)C(O)CO. The zero-order valence-electron chi connectivity index (χ0n) is 19.4. The average molecular weight is 530 g/mol. The monoisotopic (exact) mass is 530 g/mol. The number of aliphatic carboxylic acids is 1. The molecule has 4 unspecified atom stereocenters. The van der Waals surface area contributed by atoms with Gasteiger partial charge in [-0.25, -0.2) is 4.79 Å². The van der Waals surface area contributed by atoms with E-state index in [1.165, 1.54) is 6.92 Å². The summed E-state index contributed by atoms with van der Waals surface area (Å²) >= 11 is 0. The molecule has 36 heavy (non-hydrogen) atoms. The van der Waals surface area contributed by atoms with Crippen molar-refractivity contribution >= 4 is 17.8 Å². The first-order valence-corrected chi connectivity index (χ1v) is 10.7. The first-order valence-electron chi connectivity index (χ1n) is 10.7. The molecule has 0 bridgehead atoms. The molecule has 17 nitrogen and oxygen atoms in total. The molecule has 210 valence electrons. The van der Waals surface area contributed by atoms with Crippen LogP contribution in [0.3, 0.4) is 0 Å². The van der Waals surface area contributed by atoms with Gasteiger partial charge < -0.3 is 71.2 Å². The second kappa shape index (κ2) is 13.5. The van der Waals surface area contributed by atoms with Crippen LogP contribution in [0.25, 0.3) is 0 Å². The van der Waals surface area contributed by atoms with Crippen molar-refractivity contribution in [2.75, 3.05) is 13.2 Å². The average Bonchev–Trinajstić information content (AvgIpc) is 2.79. The zero-order valence-corrected chi connectivity index (χ0v) is 19.4. The van der Waals surface area contributed by atoms with E-state index in [2.05, 4.69) is 10.6 Å². The van der Waals surface area contributed by atoms with Gasteiger partial charge in [0.15, 0.2) is 6.29 Å². The molecule has 0 radical (unpaired) electrons. The maximum absolute atomic E-state index is 11.1. The van der Waals surface area contributed by atoms with Gasteiger partial charge in [0, 0.05) is 20.3 Å². The lowest BCUT2D eigenvalue weighted by atomic mass is 9.88. The highest BCUT2D eigenvalue weighted by atomic mass is 16.7. The molecular weight excluding hydrogens is 496 g/mol. The lowest BCUT2D eigenvalue weighted by molar-refractivity contribution is -0.295. The van der Waals surface area contributed by atoms with Gasteiger partial charge in [0.1, 0.15) is 42.7 Å². The number of carbonyl (C=O) groups is 3. The number of hydrogen-bond donors (Lipinski definition) is 12. The highest BCUT2D eigenvalue weighted by molar-refractivity contribution is 5.76. The summed E-state index contributed by atoms with van der Waals surface area (Å²) in [6.45, 7) is 0.943. The Morgan fingerprint density at radius 2 is 1.50 bits per heavy atom. The third kappa shape index (κ3) is 7.98. The molecule has 0 aromatic rings. The van der Waals surface area contributed by atoms with Crippen LogP contribution in [0, 0.1) is 0 Å². The van der Waals surface area contributed by atoms with Gasteiger partial charge in [-0.05, 0) is 0 Å². The first-order chi connectivity index (χ1) is 16.6. The summed E-state index contributed by atoms with van der Waals surface area (Å²) in [5.74, 6) is -5.64. The van der Waals surface area contributed by atoms with Crippen LogP contribution in [0.5, 0.6) is 0 Å². The van der Waals surface area contributed by atoms with E-state index < -0.39 is 104 Å². The molecule has 2 rings (SSSR count). The van der Waals surface area contributed by atoms with Gasteiger partial charge in [0.2, 0.25) is 11.8 Å². The fraction of sp³-hybridized carbons (Fsp3) is 0.842. The molecule has 17 heteroatoms. The number of carboxylic acid groups (broad SMARTS) is 1. The highest BCUT2D eigenvalue weighted by Gasteiger charge is 2.53. The minimum absolute atomic E-state index is 0.462. The molecule has 0 aromatic heterocycles. The van der Waals surface area contributed by atoms with E-state index in [4.69, 9.17) is 24.8 Å². The normalized spacial score (nSPS) is 38.1. The van der Waals surface area contributed by atoms with Crippen molar-refractivity contribution in [1.29, 1.82) is 0 Å². The van der Waals surface area contributed by atoms with E-state index in [1.54, 1.807) is 0 Å². The van der Waals surface area contributed by atoms with Crippen LogP contribution in [0.1, 0.15) is 20.3 Å². The highest BCUT2D eigenvalue weighted by Crippen LogP contribution is 2.30. The number of carboxylic acids is 1. The van der Waals surface area contributed by atoms with Gasteiger partial charge in [-0.1, -0.05) is 0 Å². The van der Waals surface area contributed by atoms with E-state index in [0.717, 1.165) is 6.92 Å². The Kier molecular flexibility index (Phi) is 12.0. The van der Waals surface area contributed by atoms with Crippen molar-refractivity contribution in [2.45, 2.75) is 87.2 Å². The number of aliphatic hydroxyl groups excluding tert-OH is 8. The molecule has 2 saturated heterocycles. The predicted octanol–water partition coefficient (Wildman–Crippen LogP) is -6.95. The van der Waals surface area contributed by atoms with Crippen LogP contribution < -0.4 is 10.6 Å². The third-order valence-corrected chi connectivity index (χ3v) is 5.48. The standard InChI is InChI=1S/C11H19NO9.C8H15NO6/c1-4(14)12-7-5(15)2-11(20,10(18)19)21-9(7)8(17)6(16)3-13;1-3(11)9-5-7(13)6(12)4(2-10)15-8(5)14/h5-9,13,15-17,20H,2-3H2,1H3,(H,12,14)(H,18,19);4-8,10,12-14H,2H2,1H3,(H,9,11)/t5-,6?,7+,8?,9+,11?;4-,5+,6-,7-,8?/m01/s1. The van der Waals surface area contributed by atoms with Crippen molar-refractivity contribution in [2.24, 2.45) is 0 Å². The second-order valence-corrected chi connectivity index (χ2v) is 8.37. The fourth-order valence-electron chi connectivity index (χ4n) is 3.62. The molecule has 12 N–H and O–H groups in total. The number of hydrogen-bond acceptors (Lipinski definition) is 14. The molecule has 2 aliphatic heterocycles. The summed E-state index contributed by atoms with van der Waals surface area (Å²) in [6, 6.07) is -2.36. The molecule has 0 aliphatic carbocycles. The topological polar surface area (TPSA) is 296 Å². The summed E-state index contributed by atoms with van der Waals surface area (Å²) in [6.07, 6.45) is -12.7. The van der Waals surface area contributed by atoms with Gasteiger partial charge in [-0.15, -0.1) is 0 Å². The number of ether oxygens (including phenoxy) is 2. The van der Waals surface area contributed by atoms with Crippen molar-refractivity contribution in [3.8, 4) is 0 Å². The van der Waals surface area contributed by atoms with Gasteiger partial charge in [0.05, 0.1) is 25.4 Å². The van der Waals surface area contributed by atoms with E-state index >= 15 is 0 Å². The minimum atomic E-state index is -2.78. The summed E-state index contributed by atoms with van der Waals surface area (Å²) in [5.41, 5.74) is 0. The summed E-state index contributed by atoms with van der Waals surface area (Å²) in [5, 5.41) is 98.3. The zero-order chi connectivity index (χ0) is 28.0. The smallest absolute Gasteiger partial charge is 0.364 e. The van der Waals surface area contributed by atoms with Crippen molar-refractivity contribution in [3.05, 3.63) is 0 Å². The third-order valence-electron chi connectivity index (χ3n) is 5.48. The van der Waals surface area contributed by atoms with Crippen molar-refractivity contribution in [3.63, 3.8) is 0 Å². The summed E-state index contributed by atoms with van der Waals surface area (Å²) in [7, 11) is 0. The Hall–Kier alpha value is -2.03. The fourth-order valence-corrected chi connectivity index (χ4v) is 3.62. The molecular formula is C19H34N2O15. The molecule has 2 heterocycles. The quantitative estimate of drug-likeness (QED) is 0.145. The van der Waals surface area contributed by atoms with Crippen LogP contribution >= 0.6 is 0 Å². The number of nitrogens with one attached hydrogen (secondary N) is 2. The van der Waals surface area contributed by atoms with Gasteiger partial charge in [-0.3, -0.25) is 9.59 Å². The van der Waals surface area contributed by atoms with Gasteiger partial charge in [0.25, 0.3) is 5.79 Å². The molecule has 2 fully saturated rings. The Bertz CT molecular complexity index is 756. The number of rotatable bonds is 7. The Morgan fingerprint density at radius 3 is 1.94 bits per heavy atom. The predicted molar refractivity (Wildman–Crippen MR) is 112 cm³/mol.